The number of anilines is 1. The van der Waals surface area contributed by atoms with Crippen LogP contribution in [-0.4, -0.2) is 23.7 Å². The van der Waals surface area contributed by atoms with Crippen LogP contribution < -0.4 is 20.1 Å². The lowest BCUT2D eigenvalue weighted by Gasteiger charge is -2.28. The van der Waals surface area contributed by atoms with Gasteiger partial charge in [0.25, 0.3) is 5.91 Å². The molecule has 1 atom stereocenters. The van der Waals surface area contributed by atoms with Crippen LogP contribution in [0.2, 0.25) is 0 Å². The van der Waals surface area contributed by atoms with Gasteiger partial charge in [-0.25, -0.2) is 0 Å². The fourth-order valence-corrected chi connectivity index (χ4v) is 4.61. The topological polar surface area (TPSA) is 96.9 Å². The number of rotatable bonds is 7. The zero-order valence-corrected chi connectivity index (χ0v) is 23.6. The summed E-state index contributed by atoms with van der Waals surface area (Å²) < 4.78 is 10.8. The molecule has 0 spiro atoms. The van der Waals surface area contributed by atoms with Gasteiger partial charge >= 0.3 is 0 Å². The molecule has 0 saturated heterocycles. The smallest absolute Gasteiger partial charge is 0.251 e. The Hall–Kier alpha value is -4.00. The second-order valence-electron chi connectivity index (χ2n) is 12.0. The van der Waals surface area contributed by atoms with Crippen molar-refractivity contribution < 1.29 is 24.2 Å². The number of aryl methyl sites for hydroxylation is 1. The predicted molar refractivity (Wildman–Crippen MR) is 152 cm³/mol. The van der Waals surface area contributed by atoms with Crippen molar-refractivity contribution in [2.24, 2.45) is 0 Å². The summed E-state index contributed by atoms with van der Waals surface area (Å²) in [6.45, 7) is 12.5. The monoisotopic (exact) mass is 530 g/mol. The number of nitrogens with one attached hydrogen (secondary N) is 2. The van der Waals surface area contributed by atoms with E-state index < -0.39 is 6.04 Å². The summed E-state index contributed by atoms with van der Waals surface area (Å²) in [5.74, 6) is 0.897. The third-order valence-electron chi connectivity index (χ3n) is 6.77. The van der Waals surface area contributed by atoms with Crippen molar-refractivity contribution in [1.29, 1.82) is 0 Å². The largest absolute Gasteiger partial charge is 0.507 e. The first kappa shape index (κ1) is 28.0. The average Bonchev–Trinajstić information content (AvgIpc) is 3.33. The van der Waals surface area contributed by atoms with Crippen molar-refractivity contribution in [2.75, 3.05) is 12.1 Å². The maximum Gasteiger partial charge on any atom is 0.251 e. The van der Waals surface area contributed by atoms with Crippen molar-refractivity contribution >= 4 is 17.5 Å². The molecular formula is C32H38N2O5. The Labute approximate surface area is 230 Å². The van der Waals surface area contributed by atoms with Crippen molar-refractivity contribution in [3.8, 4) is 17.2 Å². The van der Waals surface area contributed by atoms with Crippen LogP contribution in [0.15, 0.2) is 60.7 Å². The Morgan fingerprint density at radius 2 is 1.49 bits per heavy atom. The van der Waals surface area contributed by atoms with E-state index in [1.54, 1.807) is 18.2 Å². The van der Waals surface area contributed by atoms with E-state index >= 15 is 0 Å². The SMILES string of the molecule is CC(C)(C)c1cc(CCC(=O)N[C@@H](C(=O)Nc2ccc3c(c2)OCO3)c2ccccc2)cc(C(C)(C)C)c1O. The van der Waals surface area contributed by atoms with Crippen LogP contribution >= 0.6 is 0 Å². The molecule has 39 heavy (non-hydrogen) atoms. The Balaban J connectivity index is 1.51. The number of carbonyl (C=O) groups excluding carboxylic acids is 2. The summed E-state index contributed by atoms with van der Waals surface area (Å²) in [6.07, 6.45) is 0.669. The number of aromatic hydroxyl groups is 1. The minimum Gasteiger partial charge on any atom is -0.507 e. The van der Waals surface area contributed by atoms with Gasteiger partial charge in [-0.3, -0.25) is 9.59 Å². The van der Waals surface area contributed by atoms with E-state index in [0.29, 0.717) is 34.9 Å². The molecule has 206 valence electrons. The van der Waals surface area contributed by atoms with Gasteiger partial charge in [0.2, 0.25) is 12.7 Å². The van der Waals surface area contributed by atoms with E-state index in [4.69, 9.17) is 9.47 Å². The van der Waals surface area contributed by atoms with Gasteiger partial charge in [0.1, 0.15) is 11.8 Å². The van der Waals surface area contributed by atoms with E-state index in [9.17, 15) is 14.7 Å². The summed E-state index contributed by atoms with van der Waals surface area (Å²) in [7, 11) is 0. The average molecular weight is 531 g/mol. The Bertz CT molecular complexity index is 1320. The summed E-state index contributed by atoms with van der Waals surface area (Å²) in [5.41, 5.74) is 3.40. The van der Waals surface area contributed by atoms with E-state index in [1.807, 2.05) is 42.5 Å². The minimum atomic E-state index is -0.876. The number of hydrogen-bond acceptors (Lipinski definition) is 5. The van der Waals surface area contributed by atoms with Crippen LogP contribution in [0.3, 0.4) is 0 Å². The molecule has 0 aromatic heterocycles. The zero-order chi connectivity index (χ0) is 28.4. The van der Waals surface area contributed by atoms with Gasteiger partial charge in [0, 0.05) is 18.2 Å². The summed E-state index contributed by atoms with van der Waals surface area (Å²) in [4.78, 5) is 26.5. The normalized spacial score (nSPS) is 13.6. The second-order valence-corrected chi connectivity index (χ2v) is 12.0. The third kappa shape index (κ3) is 6.72. The van der Waals surface area contributed by atoms with Crippen LogP contribution in [0.4, 0.5) is 5.69 Å². The van der Waals surface area contributed by atoms with Gasteiger partial charge in [-0.2, -0.15) is 0 Å². The molecule has 7 heteroatoms. The van der Waals surface area contributed by atoms with E-state index in [2.05, 4.69) is 52.2 Å². The molecule has 0 bridgehead atoms. The molecule has 0 saturated carbocycles. The zero-order valence-electron chi connectivity index (χ0n) is 23.6. The molecule has 4 rings (SSSR count). The molecule has 1 heterocycles. The number of phenolic OH excluding ortho intramolecular Hbond substituents is 1. The molecule has 2 amide bonds. The molecule has 0 aliphatic carbocycles. The van der Waals surface area contributed by atoms with Crippen LogP contribution in [0.1, 0.15) is 76.3 Å². The molecule has 1 aliphatic rings. The molecular weight excluding hydrogens is 492 g/mol. The molecule has 3 aromatic carbocycles. The number of amides is 2. The van der Waals surface area contributed by atoms with Crippen LogP contribution in [-0.2, 0) is 26.8 Å². The quantitative estimate of drug-likeness (QED) is 0.341. The fourth-order valence-electron chi connectivity index (χ4n) is 4.61. The van der Waals surface area contributed by atoms with E-state index in [1.165, 1.54) is 0 Å². The first-order valence-electron chi connectivity index (χ1n) is 13.2. The van der Waals surface area contributed by atoms with Crippen molar-refractivity contribution in [3.05, 3.63) is 82.9 Å². The van der Waals surface area contributed by atoms with Crippen LogP contribution in [0.25, 0.3) is 0 Å². The highest BCUT2D eigenvalue weighted by Crippen LogP contribution is 2.40. The van der Waals surface area contributed by atoms with E-state index in [0.717, 1.165) is 16.7 Å². The standard InChI is InChI=1S/C32H38N2O5/c1-31(2,3)23-16-20(17-24(29(23)36)32(4,5)6)12-15-27(35)34-28(21-10-8-7-9-11-21)30(37)33-22-13-14-25-26(18-22)39-19-38-25/h7-11,13-14,16-18,28,36H,12,15,19H2,1-6H3,(H,33,37)(H,34,35)/t28-/m1/s1. The Morgan fingerprint density at radius 3 is 2.10 bits per heavy atom. The van der Waals surface area contributed by atoms with Crippen LogP contribution in [0.5, 0.6) is 17.2 Å². The molecule has 7 nitrogen and oxygen atoms in total. The molecule has 3 aromatic rings. The van der Waals surface area contributed by atoms with Gasteiger partial charge in [-0.15, -0.1) is 0 Å². The van der Waals surface area contributed by atoms with Gasteiger partial charge in [0.05, 0.1) is 0 Å². The number of benzene rings is 3. The third-order valence-corrected chi connectivity index (χ3v) is 6.77. The molecule has 1 aliphatic heterocycles. The maximum atomic E-state index is 13.3. The Morgan fingerprint density at radius 1 is 0.872 bits per heavy atom. The number of fused-ring (bicyclic) bond motifs is 1. The highest BCUT2D eigenvalue weighted by atomic mass is 16.7. The van der Waals surface area contributed by atoms with E-state index in [-0.39, 0.29) is 35.9 Å². The lowest BCUT2D eigenvalue weighted by molar-refractivity contribution is -0.126. The van der Waals surface area contributed by atoms with Gasteiger partial charge < -0.3 is 25.2 Å². The molecule has 0 fully saturated rings. The molecule has 3 N–H and O–H groups in total. The second kappa shape index (κ2) is 11.0. The highest BCUT2D eigenvalue weighted by Gasteiger charge is 2.27. The van der Waals surface area contributed by atoms with Gasteiger partial charge in [0.15, 0.2) is 11.5 Å². The molecule has 0 radical (unpaired) electrons. The highest BCUT2D eigenvalue weighted by molar-refractivity contribution is 5.98. The van der Waals surface area contributed by atoms with Gasteiger partial charge in [-0.05, 0) is 51.6 Å². The maximum absolute atomic E-state index is 13.3. The predicted octanol–water partition coefficient (Wildman–Crippen LogP) is 6.14. The minimum absolute atomic E-state index is 0.144. The number of ether oxygens (including phenoxy) is 2. The molecule has 0 unspecified atom stereocenters. The summed E-state index contributed by atoms with van der Waals surface area (Å²) in [5, 5.41) is 16.8. The summed E-state index contributed by atoms with van der Waals surface area (Å²) >= 11 is 0. The lowest BCUT2D eigenvalue weighted by Crippen LogP contribution is -2.37. The Kier molecular flexibility index (Phi) is 7.91. The number of hydrogen-bond donors (Lipinski definition) is 3. The number of phenols is 1. The lowest BCUT2D eigenvalue weighted by atomic mass is 9.78. The first-order chi connectivity index (χ1) is 18.3. The first-order valence-corrected chi connectivity index (χ1v) is 13.2. The summed E-state index contributed by atoms with van der Waals surface area (Å²) in [6, 6.07) is 17.4. The van der Waals surface area contributed by atoms with Crippen molar-refractivity contribution in [2.45, 2.75) is 71.3 Å². The van der Waals surface area contributed by atoms with Crippen molar-refractivity contribution in [1.82, 2.24) is 5.32 Å². The van der Waals surface area contributed by atoms with Gasteiger partial charge in [-0.1, -0.05) is 84.0 Å². The van der Waals surface area contributed by atoms with Crippen LogP contribution in [0, 0.1) is 0 Å². The van der Waals surface area contributed by atoms with Crippen molar-refractivity contribution in [3.63, 3.8) is 0 Å². The number of carbonyl (C=O) groups is 2. The fraction of sp³-hybridized carbons (Fsp3) is 0.375.